The third kappa shape index (κ3) is 2.11. The molecule has 0 saturated carbocycles. The summed E-state index contributed by atoms with van der Waals surface area (Å²) in [6.45, 7) is 0.986. The molecule has 80 valence electrons. The van der Waals surface area contributed by atoms with Crippen LogP contribution >= 0.6 is 11.3 Å². The van der Waals surface area contributed by atoms with Crippen molar-refractivity contribution in [3.05, 3.63) is 23.2 Å². The van der Waals surface area contributed by atoms with E-state index < -0.39 is 0 Å². The van der Waals surface area contributed by atoms with Gasteiger partial charge in [0.2, 0.25) is 0 Å². The van der Waals surface area contributed by atoms with Crippen molar-refractivity contribution in [3.63, 3.8) is 0 Å². The van der Waals surface area contributed by atoms with Crippen molar-refractivity contribution in [2.75, 3.05) is 20.6 Å². The summed E-state index contributed by atoms with van der Waals surface area (Å²) >= 11 is 1.59. The van der Waals surface area contributed by atoms with Crippen LogP contribution in [-0.4, -0.2) is 35.6 Å². The number of hydrogen-bond donors (Lipinski definition) is 1. The normalized spacial score (nSPS) is 11.4. The van der Waals surface area contributed by atoms with E-state index in [9.17, 15) is 5.11 Å². The first-order valence-corrected chi connectivity index (χ1v) is 5.75. The molecule has 15 heavy (non-hydrogen) atoms. The molecule has 0 fully saturated rings. The van der Waals surface area contributed by atoms with E-state index >= 15 is 0 Å². The minimum atomic E-state index is 0.343. The van der Waals surface area contributed by atoms with Crippen LogP contribution in [0.3, 0.4) is 0 Å². The first kappa shape index (κ1) is 10.4. The van der Waals surface area contributed by atoms with Crippen molar-refractivity contribution >= 4 is 21.6 Å². The molecule has 0 aliphatic rings. The number of aromatic nitrogens is 1. The Morgan fingerprint density at radius 3 is 3.00 bits per heavy atom. The first-order valence-electron chi connectivity index (χ1n) is 4.87. The lowest BCUT2D eigenvalue weighted by molar-refractivity contribution is 0.414. The lowest BCUT2D eigenvalue weighted by Crippen LogP contribution is -2.14. The zero-order valence-electron chi connectivity index (χ0n) is 8.90. The van der Waals surface area contributed by atoms with Crippen molar-refractivity contribution in [2.24, 2.45) is 0 Å². The molecule has 2 rings (SSSR count). The lowest BCUT2D eigenvalue weighted by atomic mass is 10.1. The van der Waals surface area contributed by atoms with Gasteiger partial charge in [-0.2, -0.15) is 0 Å². The highest BCUT2D eigenvalue weighted by atomic mass is 32.1. The van der Waals surface area contributed by atoms with Crippen LogP contribution in [0.15, 0.2) is 17.6 Å². The van der Waals surface area contributed by atoms with Crippen LogP contribution in [-0.2, 0) is 6.42 Å². The fourth-order valence-electron chi connectivity index (χ4n) is 1.54. The van der Waals surface area contributed by atoms with E-state index in [2.05, 4.69) is 15.3 Å². The number of fused-ring (bicyclic) bond motifs is 1. The quantitative estimate of drug-likeness (QED) is 0.864. The van der Waals surface area contributed by atoms with Gasteiger partial charge in [-0.3, -0.25) is 0 Å². The molecule has 2 aromatic rings. The largest absolute Gasteiger partial charge is 0.507 e. The Morgan fingerprint density at radius 2 is 2.27 bits per heavy atom. The van der Waals surface area contributed by atoms with Crippen LogP contribution in [0.2, 0.25) is 0 Å². The predicted octanol–water partition coefficient (Wildman–Crippen LogP) is 2.11. The third-order valence-corrected chi connectivity index (χ3v) is 3.29. The SMILES string of the molecule is CN(C)CCc1csc2nccc(O)c12. The van der Waals surface area contributed by atoms with Crippen LogP contribution in [0.4, 0.5) is 0 Å². The molecule has 0 unspecified atom stereocenters. The topological polar surface area (TPSA) is 36.4 Å². The van der Waals surface area contributed by atoms with Gasteiger partial charge in [-0.05, 0) is 37.5 Å². The molecule has 0 saturated heterocycles. The average Bonchev–Trinajstić information content (AvgIpc) is 2.59. The molecule has 0 spiro atoms. The molecule has 0 radical (unpaired) electrons. The molecule has 2 aromatic heterocycles. The van der Waals surface area contributed by atoms with Gasteiger partial charge >= 0.3 is 0 Å². The Hall–Kier alpha value is -1.13. The maximum absolute atomic E-state index is 9.76. The van der Waals surface area contributed by atoms with Gasteiger partial charge in [0, 0.05) is 12.7 Å². The van der Waals surface area contributed by atoms with Crippen molar-refractivity contribution in [1.82, 2.24) is 9.88 Å². The van der Waals surface area contributed by atoms with Gasteiger partial charge in [0.05, 0.1) is 5.39 Å². The zero-order chi connectivity index (χ0) is 10.8. The van der Waals surface area contributed by atoms with Crippen LogP contribution in [0.5, 0.6) is 5.75 Å². The average molecular weight is 222 g/mol. The van der Waals surface area contributed by atoms with E-state index in [0.717, 1.165) is 23.2 Å². The molecular weight excluding hydrogens is 208 g/mol. The van der Waals surface area contributed by atoms with Gasteiger partial charge in [-0.15, -0.1) is 11.3 Å². The molecule has 0 aliphatic carbocycles. The van der Waals surface area contributed by atoms with E-state index in [4.69, 9.17) is 0 Å². The predicted molar refractivity (Wildman–Crippen MR) is 63.5 cm³/mol. The van der Waals surface area contributed by atoms with E-state index in [1.807, 2.05) is 14.1 Å². The van der Waals surface area contributed by atoms with Crippen molar-refractivity contribution in [3.8, 4) is 5.75 Å². The molecule has 0 aliphatic heterocycles. The second kappa shape index (κ2) is 4.16. The van der Waals surface area contributed by atoms with Crippen LogP contribution in [0.1, 0.15) is 5.56 Å². The zero-order valence-corrected chi connectivity index (χ0v) is 9.71. The number of nitrogens with zero attached hydrogens (tertiary/aromatic N) is 2. The Bertz CT molecular complexity index is 465. The van der Waals surface area contributed by atoms with Gasteiger partial charge in [-0.25, -0.2) is 4.98 Å². The molecule has 0 aromatic carbocycles. The second-order valence-corrected chi connectivity index (χ2v) is 4.68. The summed E-state index contributed by atoms with van der Waals surface area (Å²) in [7, 11) is 4.10. The summed E-state index contributed by atoms with van der Waals surface area (Å²) in [5, 5.41) is 12.8. The summed E-state index contributed by atoms with van der Waals surface area (Å²) in [6.07, 6.45) is 2.59. The van der Waals surface area contributed by atoms with Crippen LogP contribution < -0.4 is 0 Å². The Labute approximate surface area is 93.0 Å². The highest BCUT2D eigenvalue weighted by Gasteiger charge is 2.09. The number of aromatic hydroxyl groups is 1. The van der Waals surface area contributed by atoms with Gasteiger partial charge in [0.25, 0.3) is 0 Å². The summed E-state index contributed by atoms with van der Waals surface area (Å²) in [5.41, 5.74) is 1.19. The van der Waals surface area contributed by atoms with Crippen molar-refractivity contribution in [1.29, 1.82) is 0 Å². The van der Waals surface area contributed by atoms with Crippen molar-refractivity contribution < 1.29 is 5.11 Å². The van der Waals surface area contributed by atoms with E-state index in [1.54, 1.807) is 23.6 Å². The number of rotatable bonds is 3. The van der Waals surface area contributed by atoms with Gasteiger partial charge in [0.1, 0.15) is 10.6 Å². The summed E-state index contributed by atoms with van der Waals surface area (Å²) in [4.78, 5) is 7.29. The number of pyridine rings is 1. The lowest BCUT2D eigenvalue weighted by Gasteiger charge is -2.08. The number of likely N-dealkylation sites (N-methyl/N-ethyl adjacent to an activating group) is 1. The Kier molecular flexibility index (Phi) is 2.88. The fourth-order valence-corrected chi connectivity index (χ4v) is 2.50. The molecule has 0 bridgehead atoms. The molecule has 2 heterocycles. The number of thiophene rings is 1. The van der Waals surface area contributed by atoms with E-state index in [0.29, 0.717) is 5.75 Å². The van der Waals surface area contributed by atoms with Crippen LogP contribution in [0, 0.1) is 0 Å². The maximum Gasteiger partial charge on any atom is 0.127 e. The molecule has 3 nitrogen and oxygen atoms in total. The Balaban J connectivity index is 2.35. The molecule has 1 N–H and O–H groups in total. The van der Waals surface area contributed by atoms with Gasteiger partial charge in [0.15, 0.2) is 0 Å². The van der Waals surface area contributed by atoms with Crippen molar-refractivity contribution in [2.45, 2.75) is 6.42 Å². The second-order valence-electron chi connectivity index (χ2n) is 3.82. The van der Waals surface area contributed by atoms with Crippen LogP contribution in [0.25, 0.3) is 10.2 Å². The molecule has 0 atom stereocenters. The summed E-state index contributed by atoms with van der Waals surface area (Å²) in [6, 6.07) is 1.65. The Morgan fingerprint density at radius 1 is 1.47 bits per heavy atom. The molecule has 4 heteroatoms. The smallest absolute Gasteiger partial charge is 0.127 e. The third-order valence-electron chi connectivity index (χ3n) is 2.36. The molecular formula is C11H14N2OS. The molecule has 0 amide bonds. The summed E-state index contributed by atoms with van der Waals surface area (Å²) < 4.78 is 0. The van der Waals surface area contributed by atoms with E-state index in [-0.39, 0.29) is 0 Å². The highest BCUT2D eigenvalue weighted by Crippen LogP contribution is 2.31. The summed E-state index contributed by atoms with van der Waals surface area (Å²) in [5.74, 6) is 0.343. The first-order chi connectivity index (χ1) is 7.18. The van der Waals surface area contributed by atoms with Gasteiger partial charge < -0.3 is 10.0 Å². The van der Waals surface area contributed by atoms with Gasteiger partial charge in [-0.1, -0.05) is 0 Å². The highest BCUT2D eigenvalue weighted by molar-refractivity contribution is 7.17. The minimum absolute atomic E-state index is 0.343. The minimum Gasteiger partial charge on any atom is -0.507 e. The standard InChI is InChI=1S/C11H14N2OS/c1-13(2)6-4-8-7-15-11-10(8)9(14)3-5-12-11/h3,5,7H,4,6H2,1-2H3,(H,12,14). The monoisotopic (exact) mass is 222 g/mol. The van der Waals surface area contributed by atoms with E-state index in [1.165, 1.54) is 5.56 Å². The fraction of sp³-hybridized carbons (Fsp3) is 0.364. The maximum atomic E-state index is 9.76. The number of hydrogen-bond acceptors (Lipinski definition) is 4.